The molecule has 0 saturated heterocycles. The zero-order valence-corrected chi connectivity index (χ0v) is 19.2. The standard InChI is InChI=1S/C23H25IN2O3/c1-5-16-7-9-19(10-8-16)26-23(27)18(14-25)11-17-12-20(24)22(29-15(3)4)21(13-17)28-6-2/h7-13,15H,5-6H2,1-4H3,(H,26,27)/b18-11+. The van der Waals surface area contributed by atoms with Crippen LogP contribution in [0.1, 0.15) is 38.8 Å². The summed E-state index contributed by atoms with van der Waals surface area (Å²) >= 11 is 2.17. The van der Waals surface area contributed by atoms with Crippen LogP contribution >= 0.6 is 22.6 Å². The van der Waals surface area contributed by atoms with Crippen LogP contribution < -0.4 is 14.8 Å². The highest BCUT2D eigenvalue weighted by atomic mass is 127. The van der Waals surface area contributed by atoms with Crippen molar-refractivity contribution in [1.29, 1.82) is 5.26 Å². The molecule has 6 heteroatoms. The Morgan fingerprint density at radius 3 is 2.48 bits per heavy atom. The van der Waals surface area contributed by atoms with E-state index in [0.717, 1.165) is 9.99 Å². The number of aryl methyl sites for hydroxylation is 1. The first kappa shape index (κ1) is 22.8. The van der Waals surface area contributed by atoms with Gasteiger partial charge in [-0.15, -0.1) is 0 Å². The fourth-order valence-corrected chi connectivity index (χ4v) is 3.37. The van der Waals surface area contributed by atoms with E-state index in [1.54, 1.807) is 12.1 Å². The number of carbonyl (C=O) groups is 1. The van der Waals surface area contributed by atoms with Crippen molar-refractivity contribution < 1.29 is 14.3 Å². The lowest BCUT2D eigenvalue weighted by atomic mass is 10.1. The Morgan fingerprint density at radius 1 is 1.24 bits per heavy atom. The van der Waals surface area contributed by atoms with Crippen LogP contribution in [0, 0.1) is 14.9 Å². The van der Waals surface area contributed by atoms with Crippen LogP contribution in [-0.4, -0.2) is 18.6 Å². The minimum Gasteiger partial charge on any atom is -0.490 e. The summed E-state index contributed by atoms with van der Waals surface area (Å²) in [6, 6.07) is 13.2. The molecule has 2 rings (SSSR count). The second-order valence-electron chi connectivity index (χ2n) is 6.60. The smallest absolute Gasteiger partial charge is 0.266 e. The molecule has 152 valence electrons. The molecule has 0 radical (unpaired) electrons. The molecule has 1 N–H and O–H groups in total. The maximum atomic E-state index is 12.6. The molecule has 1 amide bonds. The van der Waals surface area contributed by atoms with Gasteiger partial charge in [0.05, 0.1) is 16.3 Å². The molecule has 0 aliphatic carbocycles. The number of nitrogens with one attached hydrogen (secondary N) is 1. The maximum Gasteiger partial charge on any atom is 0.266 e. The first-order valence-electron chi connectivity index (χ1n) is 9.53. The SMILES string of the molecule is CCOc1cc(/C=C(\C#N)C(=O)Nc2ccc(CC)cc2)cc(I)c1OC(C)C. The summed E-state index contributed by atoms with van der Waals surface area (Å²) in [7, 11) is 0. The third-order valence-electron chi connectivity index (χ3n) is 3.98. The van der Waals surface area contributed by atoms with E-state index in [1.807, 2.05) is 57.2 Å². The molecule has 0 aliphatic heterocycles. The maximum absolute atomic E-state index is 12.6. The highest BCUT2D eigenvalue weighted by Gasteiger charge is 2.15. The van der Waals surface area contributed by atoms with Crippen molar-refractivity contribution in [3.05, 3.63) is 56.7 Å². The van der Waals surface area contributed by atoms with Crippen molar-refractivity contribution in [2.75, 3.05) is 11.9 Å². The summed E-state index contributed by atoms with van der Waals surface area (Å²) < 4.78 is 12.4. The van der Waals surface area contributed by atoms with Gasteiger partial charge in [0.25, 0.3) is 5.91 Å². The number of nitriles is 1. The molecule has 2 aromatic carbocycles. The molecule has 2 aromatic rings. The summed E-state index contributed by atoms with van der Waals surface area (Å²) in [6.07, 6.45) is 2.48. The fraction of sp³-hybridized carbons (Fsp3) is 0.304. The van der Waals surface area contributed by atoms with E-state index in [-0.39, 0.29) is 11.7 Å². The van der Waals surface area contributed by atoms with E-state index in [1.165, 1.54) is 5.56 Å². The van der Waals surface area contributed by atoms with Crippen molar-refractivity contribution in [3.63, 3.8) is 0 Å². The molecule has 0 saturated carbocycles. The average molecular weight is 504 g/mol. The third kappa shape index (κ3) is 6.50. The van der Waals surface area contributed by atoms with Gasteiger partial charge in [-0.25, -0.2) is 0 Å². The molecule has 0 bridgehead atoms. The zero-order valence-electron chi connectivity index (χ0n) is 17.1. The lowest BCUT2D eigenvalue weighted by molar-refractivity contribution is -0.112. The van der Waals surface area contributed by atoms with Gasteiger partial charge >= 0.3 is 0 Å². The van der Waals surface area contributed by atoms with Gasteiger partial charge in [0.1, 0.15) is 11.6 Å². The normalized spacial score (nSPS) is 11.1. The molecule has 0 aromatic heterocycles. The number of rotatable bonds is 8. The monoisotopic (exact) mass is 504 g/mol. The van der Waals surface area contributed by atoms with Crippen LogP contribution in [-0.2, 0) is 11.2 Å². The Labute approximate surface area is 185 Å². The largest absolute Gasteiger partial charge is 0.490 e. The van der Waals surface area contributed by atoms with E-state index in [0.29, 0.717) is 29.4 Å². The molecular weight excluding hydrogens is 479 g/mol. The Kier molecular flexibility index (Phi) is 8.52. The number of hydrogen-bond donors (Lipinski definition) is 1. The highest BCUT2D eigenvalue weighted by molar-refractivity contribution is 14.1. The minimum absolute atomic E-state index is 0.00339. The summed E-state index contributed by atoms with van der Waals surface area (Å²) in [5.41, 5.74) is 2.54. The second-order valence-corrected chi connectivity index (χ2v) is 7.77. The molecule has 0 atom stereocenters. The lowest BCUT2D eigenvalue weighted by Gasteiger charge is -2.17. The first-order valence-corrected chi connectivity index (χ1v) is 10.6. The van der Waals surface area contributed by atoms with Crippen LogP contribution in [0.4, 0.5) is 5.69 Å². The molecule has 29 heavy (non-hydrogen) atoms. The number of hydrogen-bond acceptors (Lipinski definition) is 4. The van der Waals surface area contributed by atoms with Crippen LogP contribution in [0.5, 0.6) is 11.5 Å². The van der Waals surface area contributed by atoms with E-state index < -0.39 is 5.91 Å². The minimum atomic E-state index is -0.452. The van der Waals surface area contributed by atoms with Crippen LogP contribution in [0.3, 0.4) is 0 Å². The van der Waals surface area contributed by atoms with Gasteiger partial charge in [-0.3, -0.25) is 4.79 Å². The lowest BCUT2D eigenvalue weighted by Crippen LogP contribution is -2.13. The summed E-state index contributed by atoms with van der Waals surface area (Å²) in [4.78, 5) is 12.6. The van der Waals surface area contributed by atoms with Crippen molar-refractivity contribution in [1.82, 2.24) is 0 Å². The Balaban J connectivity index is 2.30. The number of ether oxygens (including phenoxy) is 2. The third-order valence-corrected chi connectivity index (χ3v) is 4.78. The Bertz CT molecular complexity index is 928. The average Bonchev–Trinajstić information content (AvgIpc) is 2.69. The molecule has 5 nitrogen and oxygen atoms in total. The predicted octanol–water partition coefficient (Wildman–Crippen LogP) is 5.59. The quantitative estimate of drug-likeness (QED) is 0.289. The molecule has 0 spiro atoms. The van der Waals surface area contributed by atoms with Gasteiger partial charge in [-0.2, -0.15) is 5.26 Å². The van der Waals surface area contributed by atoms with Crippen molar-refractivity contribution in [2.45, 2.75) is 40.2 Å². The van der Waals surface area contributed by atoms with E-state index in [2.05, 4.69) is 34.8 Å². The van der Waals surface area contributed by atoms with Gasteiger partial charge in [-0.05, 0) is 91.3 Å². The van der Waals surface area contributed by atoms with Gasteiger partial charge in [0.2, 0.25) is 0 Å². The fourth-order valence-electron chi connectivity index (χ4n) is 2.62. The van der Waals surface area contributed by atoms with Gasteiger partial charge < -0.3 is 14.8 Å². The molecule has 0 fully saturated rings. The van der Waals surface area contributed by atoms with Crippen molar-refractivity contribution in [3.8, 4) is 17.6 Å². The van der Waals surface area contributed by atoms with Crippen molar-refractivity contribution in [2.24, 2.45) is 0 Å². The first-order chi connectivity index (χ1) is 13.9. The predicted molar refractivity (Wildman–Crippen MR) is 124 cm³/mol. The number of halogens is 1. The van der Waals surface area contributed by atoms with E-state index in [4.69, 9.17) is 9.47 Å². The van der Waals surface area contributed by atoms with Gasteiger partial charge in [-0.1, -0.05) is 19.1 Å². The Morgan fingerprint density at radius 2 is 1.93 bits per heavy atom. The summed E-state index contributed by atoms with van der Waals surface area (Å²) in [6.45, 7) is 8.35. The van der Waals surface area contributed by atoms with Crippen LogP contribution in [0.25, 0.3) is 6.08 Å². The van der Waals surface area contributed by atoms with Crippen LogP contribution in [0.2, 0.25) is 0 Å². The second kappa shape index (κ2) is 10.9. The van der Waals surface area contributed by atoms with Gasteiger partial charge in [0, 0.05) is 5.69 Å². The van der Waals surface area contributed by atoms with Crippen molar-refractivity contribution >= 4 is 40.3 Å². The molecule has 0 aliphatic rings. The highest BCUT2D eigenvalue weighted by Crippen LogP contribution is 2.35. The topological polar surface area (TPSA) is 71.3 Å². The number of nitrogens with zero attached hydrogens (tertiary/aromatic N) is 1. The van der Waals surface area contributed by atoms with Crippen LogP contribution in [0.15, 0.2) is 42.0 Å². The van der Waals surface area contributed by atoms with E-state index >= 15 is 0 Å². The molecule has 0 unspecified atom stereocenters. The van der Waals surface area contributed by atoms with E-state index in [9.17, 15) is 10.1 Å². The number of carbonyl (C=O) groups excluding carboxylic acids is 1. The Hall–Kier alpha value is -2.53. The number of anilines is 1. The number of amides is 1. The van der Waals surface area contributed by atoms with Gasteiger partial charge in [0.15, 0.2) is 11.5 Å². The number of benzene rings is 2. The summed E-state index contributed by atoms with van der Waals surface area (Å²) in [5.74, 6) is 0.804. The zero-order chi connectivity index (χ0) is 21.4. The molecular formula is C23H25IN2O3. The molecule has 0 heterocycles. The summed E-state index contributed by atoms with van der Waals surface area (Å²) in [5, 5.41) is 12.3.